The molecule has 1 aliphatic rings. The van der Waals surface area contributed by atoms with Gasteiger partial charge in [-0.05, 0) is 40.7 Å². The number of rotatable bonds is 2. The minimum Gasteiger partial charge on any atom is -0.348 e. The third-order valence-electron chi connectivity index (χ3n) is 2.62. The summed E-state index contributed by atoms with van der Waals surface area (Å²) < 4.78 is 0. The Kier molecular flexibility index (Phi) is 3.32. The summed E-state index contributed by atoms with van der Waals surface area (Å²) in [7, 11) is 0. The van der Waals surface area contributed by atoms with Crippen molar-refractivity contribution < 1.29 is 4.79 Å². The molecular formula is C11H20N2O. The van der Waals surface area contributed by atoms with Gasteiger partial charge in [0.05, 0.1) is 0 Å². The lowest BCUT2D eigenvalue weighted by Gasteiger charge is -2.27. The fourth-order valence-corrected chi connectivity index (χ4v) is 1.75. The summed E-state index contributed by atoms with van der Waals surface area (Å²) in [6.07, 6.45) is 2.66. The molecule has 1 saturated heterocycles. The van der Waals surface area contributed by atoms with E-state index in [-0.39, 0.29) is 17.5 Å². The van der Waals surface area contributed by atoms with Crippen LogP contribution in [-0.4, -0.2) is 24.0 Å². The number of carbonyl (C=O) groups is 1. The summed E-state index contributed by atoms with van der Waals surface area (Å²) in [4.78, 5) is 11.5. The lowest BCUT2D eigenvalue weighted by molar-refractivity contribution is -0.117. The molecule has 1 atom stereocenters. The standard InChI is InChI=1S/C11H20N2O/c1-8(2)7-10(14)13-9-5-6-12-11(9,3)4/h7,9,12H,5-6H2,1-4H3,(H,13,14). The second kappa shape index (κ2) is 4.13. The Bertz CT molecular complexity index is 252. The topological polar surface area (TPSA) is 41.1 Å². The van der Waals surface area contributed by atoms with Gasteiger partial charge in [-0.1, -0.05) is 5.57 Å². The van der Waals surface area contributed by atoms with Gasteiger partial charge in [-0.25, -0.2) is 0 Å². The van der Waals surface area contributed by atoms with Gasteiger partial charge in [0.1, 0.15) is 0 Å². The van der Waals surface area contributed by atoms with E-state index in [2.05, 4.69) is 24.5 Å². The highest BCUT2D eigenvalue weighted by molar-refractivity contribution is 5.88. The van der Waals surface area contributed by atoms with E-state index in [0.29, 0.717) is 0 Å². The molecule has 0 radical (unpaired) electrons. The molecule has 3 heteroatoms. The molecule has 0 aromatic carbocycles. The van der Waals surface area contributed by atoms with Crippen LogP contribution in [0, 0.1) is 0 Å². The smallest absolute Gasteiger partial charge is 0.244 e. The van der Waals surface area contributed by atoms with Crippen LogP contribution in [0.2, 0.25) is 0 Å². The molecule has 1 aliphatic heterocycles. The number of nitrogens with one attached hydrogen (secondary N) is 2. The van der Waals surface area contributed by atoms with Gasteiger partial charge in [0.25, 0.3) is 0 Å². The van der Waals surface area contributed by atoms with Crippen LogP contribution in [0.15, 0.2) is 11.6 Å². The third-order valence-corrected chi connectivity index (χ3v) is 2.62. The highest BCUT2D eigenvalue weighted by Gasteiger charge is 2.34. The maximum Gasteiger partial charge on any atom is 0.244 e. The average molecular weight is 196 g/mol. The predicted octanol–water partition coefficient (Wildman–Crippen LogP) is 1.21. The van der Waals surface area contributed by atoms with E-state index < -0.39 is 0 Å². The van der Waals surface area contributed by atoms with E-state index in [1.165, 1.54) is 0 Å². The van der Waals surface area contributed by atoms with Gasteiger partial charge in [-0.2, -0.15) is 0 Å². The Morgan fingerprint density at radius 1 is 1.50 bits per heavy atom. The summed E-state index contributed by atoms with van der Waals surface area (Å²) in [5.41, 5.74) is 1.05. The lowest BCUT2D eigenvalue weighted by atomic mass is 9.97. The quantitative estimate of drug-likeness (QED) is 0.652. The molecule has 2 N–H and O–H groups in total. The Morgan fingerprint density at radius 3 is 2.57 bits per heavy atom. The average Bonchev–Trinajstić information content (AvgIpc) is 2.29. The Labute approximate surface area is 86.0 Å². The molecule has 80 valence electrons. The van der Waals surface area contributed by atoms with Crippen molar-refractivity contribution >= 4 is 5.91 Å². The largest absolute Gasteiger partial charge is 0.348 e. The van der Waals surface area contributed by atoms with Crippen LogP contribution < -0.4 is 10.6 Å². The molecule has 14 heavy (non-hydrogen) atoms. The molecule has 1 unspecified atom stereocenters. The molecule has 0 spiro atoms. The van der Waals surface area contributed by atoms with E-state index in [9.17, 15) is 4.79 Å². The summed E-state index contributed by atoms with van der Waals surface area (Å²) >= 11 is 0. The normalized spacial score (nSPS) is 24.4. The Hall–Kier alpha value is -0.830. The van der Waals surface area contributed by atoms with Crippen molar-refractivity contribution in [2.75, 3.05) is 6.54 Å². The van der Waals surface area contributed by atoms with Crippen LogP contribution in [0.25, 0.3) is 0 Å². The Morgan fingerprint density at radius 2 is 2.14 bits per heavy atom. The lowest BCUT2D eigenvalue weighted by Crippen LogP contribution is -2.50. The zero-order valence-corrected chi connectivity index (χ0v) is 9.48. The summed E-state index contributed by atoms with van der Waals surface area (Å²) in [5, 5.41) is 6.39. The number of carbonyl (C=O) groups excluding carboxylic acids is 1. The van der Waals surface area contributed by atoms with Gasteiger partial charge in [0.15, 0.2) is 0 Å². The molecule has 0 aromatic heterocycles. The maximum atomic E-state index is 11.5. The molecular weight excluding hydrogens is 176 g/mol. The van der Waals surface area contributed by atoms with Crippen LogP contribution in [-0.2, 0) is 4.79 Å². The highest BCUT2D eigenvalue weighted by atomic mass is 16.1. The van der Waals surface area contributed by atoms with Crippen LogP contribution >= 0.6 is 0 Å². The minimum absolute atomic E-state index is 0.0190. The van der Waals surface area contributed by atoms with Gasteiger partial charge < -0.3 is 10.6 Å². The Balaban J connectivity index is 2.53. The monoisotopic (exact) mass is 196 g/mol. The zero-order valence-electron chi connectivity index (χ0n) is 9.48. The first-order valence-corrected chi connectivity index (χ1v) is 5.12. The zero-order chi connectivity index (χ0) is 10.8. The summed E-state index contributed by atoms with van der Waals surface area (Å²) in [6, 6.07) is 0.241. The van der Waals surface area contributed by atoms with Crippen molar-refractivity contribution in [1.82, 2.24) is 10.6 Å². The van der Waals surface area contributed by atoms with E-state index in [4.69, 9.17) is 0 Å². The predicted molar refractivity (Wildman–Crippen MR) is 58.1 cm³/mol. The van der Waals surface area contributed by atoms with Gasteiger partial charge in [0, 0.05) is 17.7 Å². The van der Waals surface area contributed by atoms with Crippen molar-refractivity contribution in [3.63, 3.8) is 0 Å². The van der Waals surface area contributed by atoms with Crippen LogP contribution in [0.4, 0.5) is 0 Å². The van der Waals surface area contributed by atoms with E-state index in [1.807, 2.05) is 13.8 Å². The first-order valence-electron chi connectivity index (χ1n) is 5.12. The highest BCUT2D eigenvalue weighted by Crippen LogP contribution is 2.18. The first-order chi connectivity index (χ1) is 6.42. The van der Waals surface area contributed by atoms with Gasteiger partial charge in [-0.15, -0.1) is 0 Å². The van der Waals surface area contributed by atoms with Crippen molar-refractivity contribution in [3.8, 4) is 0 Å². The minimum atomic E-state index is 0.0190. The van der Waals surface area contributed by atoms with E-state index in [1.54, 1.807) is 6.08 Å². The van der Waals surface area contributed by atoms with Gasteiger partial charge in [-0.3, -0.25) is 4.79 Å². The van der Waals surface area contributed by atoms with Gasteiger partial charge in [0.2, 0.25) is 5.91 Å². The van der Waals surface area contributed by atoms with Crippen molar-refractivity contribution in [1.29, 1.82) is 0 Å². The van der Waals surface area contributed by atoms with Crippen molar-refractivity contribution in [3.05, 3.63) is 11.6 Å². The number of hydrogen-bond donors (Lipinski definition) is 2. The van der Waals surface area contributed by atoms with Gasteiger partial charge >= 0.3 is 0 Å². The van der Waals surface area contributed by atoms with Crippen molar-refractivity contribution in [2.24, 2.45) is 0 Å². The number of hydrogen-bond acceptors (Lipinski definition) is 2. The summed E-state index contributed by atoms with van der Waals surface area (Å²) in [5.74, 6) is 0.0202. The maximum absolute atomic E-state index is 11.5. The van der Waals surface area contributed by atoms with E-state index in [0.717, 1.165) is 18.5 Å². The molecule has 1 heterocycles. The number of amides is 1. The molecule has 0 saturated carbocycles. The third kappa shape index (κ3) is 2.84. The number of allylic oxidation sites excluding steroid dienone is 1. The molecule has 1 fully saturated rings. The molecule has 1 amide bonds. The van der Waals surface area contributed by atoms with Crippen LogP contribution in [0.3, 0.4) is 0 Å². The molecule has 0 aromatic rings. The molecule has 1 rings (SSSR count). The van der Waals surface area contributed by atoms with Crippen LogP contribution in [0.1, 0.15) is 34.1 Å². The van der Waals surface area contributed by atoms with E-state index >= 15 is 0 Å². The fourth-order valence-electron chi connectivity index (χ4n) is 1.75. The molecule has 0 aliphatic carbocycles. The van der Waals surface area contributed by atoms with Crippen LogP contribution in [0.5, 0.6) is 0 Å². The fraction of sp³-hybridized carbons (Fsp3) is 0.727. The summed E-state index contributed by atoms with van der Waals surface area (Å²) in [6.45, 7) is 9.07. The molecule has 0 bridgehead atoms. The second-order valence-electron chi connectivity index (χ2n) is 4.72. The molecule has 3 nitrogen and oxygen atoms in total. The second-order valence-corrected chi connectivity index (χ2v) is 4.72. The SMILES string of the molecule is CC(C)=CC(=O)NC1CCNC1(C)C. The first kappa shape index (κ1) is 11.2. The van der Waals surface area contributed by atoms with Crippen molar-refractivity contribution in [2.45, 2.75) is 45.7 Å².